The second-order valence-electron chi connectivity index (χ2n) is 7.40. The van der Waals surface area contributed by atoms with E-state index in [2.05, 4.69) is 25.3 Å². The molecule has 0 bridgehead atoms. The molecule has 11 nitrogen and oxygen atoms in total. The molecule has 182 valence electrons. The van der Waals surface area contributed by atoms with Crippen LogP contribution in [0.3, 0.4) is 0 Å². The van der Waals surface area contributed by atoms with Gasteiger partial charge in [-0.15, -0.1) is 0 Å². The van der Waals surface area contributed by atoms with E-state index in [0.717, 1.165) is 18.3 Å². The maximum absolute atomic E-state index is 12.5. The molecule has 0 aliphatic carbocycles. The second-order valence-corrected chi connectivity index (χ2v) is 9.03. The van der Waals surface area contributed by atoms with Gasteiger partial charge in [0.05, 0.1) is 31.6 Å². The lowest BCUT2D eigenvalue weighted by Crippen LogP contribution is -2.25. The van der Waals surface area contributed by atoms with E-state index in [4.69, 9.17) is 20.5 Å². The molecule has 0 unspecified atom stereocenters. The highest BCUT2D eigenvalue weighted by atomic mass is 31.2. The summed E-state index contributed by atoms with van der Waals surface area (Å²) >= 11 is 0. The molecule has 0 atom stereocenters. The summed E-state index contributed by atoms with van der Waals surface area (Å²) in [5.74, 6) is 0.151. The number of hydrogen-bond donors (Lipinski definition) is 3. The van der Waals surface area contributed by atoms with Gasteiger partial charge in [0.1, 0.15) is 0 Å². The molecule has 1 amide bonds. The van der Waals surface area contributed by atoms with Gasteiger partial charge in [-0.1, -0.05) is 0 Å². The molecule has 3 rings (SSSR count). The van der Waals surface area contributed by atoms with Crippen molar-refractivity contribution in [2.45, 2.75) is 26.8 Å². The molecule has 0 spiro atoms. The highest BCUT2D eigenvalue weighted by Gasteiger charge is 2.12. The topological polar surface area (TPSA) is 154 Å². The van der Waals surface area contributed by atoms with Crippen LogP contribution in [0.4, 0.5) is 17.5 Å². The number of nitrogens with zero attached hydrogens (tertiary/aromatic N) is 5. The number of nitrogens with one attached hydrogen (secondary N) is 1. The van der Waals surface area contributed by atoms with Crippen LogP contribution in [0.5, 0.6) is 0 Å². The Morgan fingerprint density at radius 3 is 2.47 bits per heavy atom. The van der Waals surface area contributed by atoms with Crippen molar-refractivity contribution in [1.29, 1.82) is 0 Å². The van der Waals surface area contributed by atoms with E-state index in [0.29, 0.717) is 48.7 Å². The van der Waals surface area contributed by atoms with Crippen molar-refractivity contribution in [2.75, 3.05) is 49.3 Å². The Kier molecular flexibility index (Phi) is 9.26. The van der Waals surface area contributed by atoms with E-state index in [9.17, 15) is 4.79 Å². The average Bonchev–Trinajstić information content (AvgIpc) is 2.82. The van der Waals surface area contributed by atoms with Crippen LogP contribution in [0.25, 0.3) is 11.2 Å². The fourth-order valence-electron chi connectivity index (χ4n) is 3.23. The standard InChI is InChI=1S/C22H31N8O3P/c1-4-32-34(33-5-2)12-6-11-25-21(31)15-7-9-17(10-8-15)30(3)14-16-13-26-20-18(27-16)19(23)28-22(24)29-20/h7-10,13H,4-6,11-12,14H2,1-3H3,(H,25,31)(H4,23,24,26,28,29). The Labute approximate surface area is 200 Å². The minimum absolute atomic E-state index is 0.0642. The monoisotopic (exact) mass is 486 g/mol. The number of rotatable bonds is 12. The van der Waals surface area contributed by atoms with E-state index < -0.39 is 8.38 Å². The number of carbonyl (C=O) groups excluding carboxylic acids is 1. The van der Waals surface area contributed by atoms with Crippen LogP contribution in [0.15, 0.2) is 30.5 Å². The van der Waals surface area contributed by atoms with Crippen molar-refractivity contribution >= 4 is 42.9 Å². The molecule has 3 aromatic rings. The number of fused-ring (bicyclic) bond motifs is 1. The number of amides is 1. The van der Waals surface area contributed by atoms with Crippen molar-refractivity contribution in [2.24, 2.45) is 0 Å². The summed E-state index contributed by atoms with van der Waals surface area (Å²) in [7, 11) is 1.05. The molecule has 0 radical (unpaired) electrons. The van der Waals surface area contributed by atoms with Crippen molar-refractivity contribution in [1.82, 2.24) is 25.3 Å². The maximum atomic E-state index is 12.5. The predicted molar refractivity (Wildman–Crippen MR) is 134 cm³/mol. The maximum Gasteiger partial charge on any atom is 0.251 e. The van der Waals surface area contributed by atoms with E-state index in [-0.39, 0.29) is 17.7 Å². The van der Waals surface area contributed by atoms with Gasteiger partial charge in [0.2, 0.25) is 5.95 Å². The van der Waals surface area contributed by atoms with Crippen molar-refractivity contribution in [3.8, 4) is 0 Å². The Balaban J connectivity index is 1.53. The number of benzene rings is 1. The highest BCUT2D eigenvalue weighted by Crippen LogP contribution is 2.38. The van der Waals surface area contributed by atoms with E-state index in [1.165, 1.54) is 0 Å². The minimum atomic E-state index is -0.878. The van der Waals surface area contributed by atoms with Crippen LogP contribution in [-0.4, -0.2) is 58.8 Å². The van der Waals surface area contributed by atoms with Crippen molar-refractivity contribution < 1.29 is 13.8 Å². The third-order valence-electron chi connectivity index (χ3n) is 4.82. The van der Waals surface area contributed by atoms with Gasteiger partial charge in [-0.3, -0.25) is 4.79 Å². The zero-order chi connectivity index (χ0) is 24.5. The summed E-state index contributed by atoms with van der Waals surface area (Å²) < 4.78 is 11.2. The molecular formula is C22H31N8O3P. The van der Waals surface area contributed by atoms with Crippen molar-refractivity contribution in [3.63, 3.8) is 0 Å². The molecule has 5 N–H and O–H groups in total. The molecule has 0 saturated heterocycles. The number of nitrogen functional groups attached to an aromatic ring is 2. The molecule has 0 aliphatic heterocycles. The first-order chi connectivity index (χ1) is 16.4. The highest BCUT2D eigenvalue weighted by molar-refractivity contribution is 7.47. The molecule has 34 heavy (non-hydrogen) atoms. The largest absolute Gasteiger partial charge is 0.382 e. The van der Waals surface area contributed by atoms with E-state index >= 15 is 0 Å². The second kappa shape index (κ2) is 12.4. The minimum Gasteiger partial charge on any atom is -0.382 e. The van der Waals surface area contributed by atoms with Gasteiger partial charge >= 0.3 is 0 Å². The summed E-state index contributed by atoms with van der Waals surface area (Å²) in [6.45, 7) is 6.22. The number of aromatic nitrogens is 4. The first-order valence-electron chi connectivity index (χ1n) is 11.1. The van der Waals surface area contributed by atoms with Crippen molar-refractivity contribution in [3.05, 3.63) is 41.7 Å². The Morgan fingerprint density at radius 1 is 1.09 bits per heavy atom. The van der Waals surface area contributed by atoms with Gasteiger partial charge in [0.25, 0.3) is 5.91 Å². The first kappa shape index (κ1) is 25.5. The Hall–Kier alpha value is -3.14. The van der Waals surface area contributed by atoms with E-state index in [1.807, 2.05) is 37.9 Å². The lowest BCUT2D eigenvalue weighted by molar-refractivity contribution is 0.0953. The van der Waals surface area contributed by atoms with Gasteiger partial charge in [0.15, 0.2) is 25.4 Å². The fourth-order valence-corrected chi connectivity index (χ4v) is 4.55. The number of hydrogen-bond acceptors (Lipinski definition) is 10. The summed E-state index contributed by atoms with van der Waals surface area (Å²) in [6, 6.07) is 7.39. The van der Waals surface area contributed by atoms with Crippen LogP contribution in [0, 0.1) is 0 Å². The molecule has 2 aromatic heterocycles. The summed E-state index contributed by atoms with van der Waals surface area (Å²) in [5.41, 5.74) is 14.5. The Bertz CT molecular complexity index is 1090. The Morgan fingerprint density at radius 2 is 1.79 bits per heavy atom. The van der Waals surface area contributed by atoms with Gasteiger partial charge in [-0.05, 0) is 44.5 Å². The molecule has 2 heterocycles. The normalized spacial score (nSPS) is 11.2. The predicted octanol–water partition coefficient (Wildman–Crippen LogP) is 2.73. The molecular weight excluding hydrogens is 455 g/mol. The summed E-state index contributed by atoms with van der Waals surface area (Å²) in [5, 5.41) is 2.95. The zero-order valence-corrected chi connectivity index (χ0v) is 20.6. The SMILES string of the molecule is CCOP(CCCNC(=O)c1ccc(N(C)Cc2cnc3nc(N)nc(N)c3n2)cc1)OCC. The third-order valence-corrected chi connectivity index (χ3v) is 6.59. The number of nitrogens with two attached hydrogens (primary N) is 2. The zero-order valence-electron chi connectivity index (χ0n) is 19.7. The molecule has 1 aromatic carbocycles. The molecule has 0 fully saturated rings. The molecule has 0 saturated carbocycles. The van der Waals surface area contributed by atoms with Crippen LogP contribution in [0.2, 0.25) is 0 Å². The van der Waals surface area contributed by atoms with Crippen LogP contribution in [0.1, 0.15) is 36.3 Å². The molecule has 12 heteroatoms. The van der Waals surface area contributed by atoms with Crippen LogP contribution < -0.4 is 21.7 Å². The van der Waals surface area contributed by atoms with Crippen LogP contribution >= 0.6 is 8.38 Å². The molecule has 0 aliphatic rings. The van der Waals surface area contributed by atoms with Gasteiger partial charge in [-0.2, -0.15) is 9.97 Å². The lowest BCUT2D eigenvalue weighted by Gasteiger charge is -2.19. The summed E-state index contributed by atoms with van der Waals surface area (Å²) in [6.07, 6.45) is 3.23. The lowest BCUT2D eigenvalue weighted by atomic mass is 10.2. The number of carbonyl (C=O) groups is 1. The van der Waals surface area contributed by atoms with Gasteiger partial charge in [-0.25, -0.2) is 9.97 Å². The van der Waals surface area contributed by atoms with Gasteiger partial charge < -0.3 is 30.7 Å². The first-order valence-corrected chi connectivity index (χ1v) is 12.4. The fraction of sp³-hybridized carbons (Fsp3) is 0.409. The summed E-state index contributed by atoms with van der Waals surface area (Å²) in [4.78, 5) is 31.2. The van der Waals surface area contributed by atoms with Crippen LogP contribution in [-0.2, 0) is 15.6 Å². The smallest absolute Gasteiger partial charge is 0.251 e. The van der Waals surface area contributed by atoms with Gasteiger partial charge in [0, 0.05) is 31.0 Å². The quantitative estimate of drug-likeness (QED) is 0.257. The third kappa shape index (κ3) is 6.93. The number of anilines is 3. The van der Waals surface area contributed by atoms with E-state index in [1.54, 1.807) is 18.3 Å². The average molecular weight is 487 g/mol.